The van der Waals surface area contributed by atoms with Crippen molar-refractivity contribution in [1.29, 1.82) is 0 Å². The van der Waals surface area contributed by atoms with Crippen LogP contribution in [0.3, 0.4) is 0 Å². The van der Waals surface area contributed by atoms with E-state index >= 15 is 0 Å². The fraction of sp³-hybridized carbons (Fsp3) is 0.407. The second-order valence-electron chi connectivity index (χ2n) is 8.87. The molecular weight excluding hydrogens is 414 g/mol. The number of carbonyl (C=O) groups is 1. The first-order chi connectivity index (χ1) is 16.0. The minimum absolute atomic E-state index is 0.0476. The smallest absolute Gasteiger partial charge is 0.273 e. The van der Waals surface area contributed by atoms with Gasteiger partial charge in [0, 0.05) is 17.7 Å². The predicted octanol–water partition coefficient (Wildman–Crippen LogP) is 5.92. The summed E-state index contributed by atoms with van der Waals surface area (Å²) in [5.74, 6) is 0.946. The van der Waals surface area contributed by atoms with Crippen molar-refractivity contribution in [3.05, 3.63) is 64.3 Å². The fourth-order valence-electron chi connectivity index (χ4n) is 4.65. The number of carbonyl (C=O) groups excluding carboxylic acids is 1. The Labute approximate surface area is 195 Å². The van der Waals surface area contributed by atoms with Crippen LogP contribution in [0, 0.1) is 13.8 Å². The van der Waals surface area contributed by atoms with E-state index in [9.17, 15) is 9.90 Å². The maximum Gasteiger partial charge on any atom is 0.273 e. The van der Waals surface area contributed by atoms with Crippen LogP contribution in [-0.2, 0) is 0 Å². The Kier molecular flexibility index (Phi) is 6.72. The molecule has 0 aliphatic carbocycles. The number of phenolic OH excluding ortho intramolecular Hbond substituents is 1. The molecule has 2 aromatic carbocycles. The van der Waals surface area contributed by atoms with Crippen molar-refractivity contribution in [3.8, 4) is 22.8 Å². The van der Waals surface area contributed by atoms with Gasteiger partial charge in [-0.05, 0) is 61.6 Å². The summed E-state index contributed by atoms with van der Waals surface area (Å²) in [6.07, 6.45) is 4.01. The van der Waals surface area contributed by atoms with Gasteiger partial charge in [-0.3, -0.25) is 9.89 Å². The Bertz CT molecular complexity index is 1150. The molecule has 1 amide bonds. The highest BCUT2D eigenvalue weighted by Crippen LogP contribution is 2.45. The quantitative estimate of drug-likeness (QED) is 0.399. The third-order valence-electron chi connectivity index (χ3n) is 6.21. The molecule has 1 atom stereocenters. The molecule has 4 rings (SSSR count). The van der Waals surface area contributed by atoms with E-state index < -0.39 is 0 Å². The molecule has 1 aliphatic heterocycles. The molecule has 1 unspecified atom stereocenters. The van der Waals surface area contributed by atoms with Crippen LogP contribution < -0.4 is 4.74 Å². The van der Waals surface area contributed by atoms with E-state index in [1.54, 1.807) is 0 Å². The van der Waals surface area contributed by atoms with Crippen molar-refractivity contribution in [2.75, 3.05) is 13.2 Å². The van der Waals surface area contributed by atoms with Gasteiger partial charge >= 0.3 is 0 Å². The largest absolute Gasteiger partial charge is 0.507 e. The van der Waals surface area contributed by atoms with Crippen molar-refractivity contribution in [2.45, 2.75) is 59.4 Å². The molecule has 174 valence electrons. The number of aromatic amines is 1. The third-order valence-corrected chi connectivity index (χ3v) is 6.21. The van der Waals surface area contributed by atoms with Crippen molar-refractivity contribution in [1.82, 2.24) is 15.1 Å². The van der Waals surface area contributed by atoms with Gasteiger partial charge in [0.05, 0.1) is 12.6 Å². The monoisotopic (exact) mass is 447 g/mol. The van der Waals surface area contributed by atoms with Crippen molar-refractivity contribution in [3.63, 3.8) is 0 Å². The number of fused-ring (bicyclic) bond motifs is 1. The van der Waals surface area contributed by atoms with Gasteiger partial charge < -0.3 is 14.7 Å². The summed E-state index contributed by atoms with van der Waals surface area (Å²) in [5.41, 5.74) is 5.42. The maximum absolute atomic E-state index is 13.5. The van der Waals surface area contributed by atoms with Gasteiger partial charge in [0.25, 0.3) is 5.91 Å². The van der Waals surface area contributed by atoms with E-state index in [4.69, 9.17) is 4.74 Å². The lowest BCUT2D eigenvalue weighted by molar-refractivity contribution is 0.0740. The number of hydrogen-bond acceptors (Lipinski definition) is 4. The van der Waals surface area contributed by atoms with Crippen LogP contribution in [0.5, 0.6) is 11.5 Å². The van der Waals surface area contributed by atoms with Crippen LogP contribution in [0.15, 0.2) is 36.4 Å². The van der Waals surface area contributed by atoms with E-state index in [2.05, 4.69) is 24.0 Å². The molecule has 2 N–H and O–H groups in total. The highest BCUT2D eigenvalue weighted by atomic mass is 16.5. The van der Waals surface area contributed by atoms with Crippen LogP contribution in [-0.4, -0.2) is 39.3 Å². The summed E-state index contributed by atoms with van der Waals surface area (Å²) in [5, 5.41) is 18.4. The second kappa shape index (κ2) is 9.69. The Morgan fingerprint density at radius 2 is 1.94 bits per heavy atom. The number of amides is 1. The van der Waals surface area contributed by atoms with E-state index in [0.717, 1.165) is 53.7 Å². The minimum Gasteiger partial charge on any atom is -0.507 e. The van der Waals surface area contributed by atoms with Crippen LogP contribution in [0.25, 0.3) is 11.3 Å². The SMILES string of the molecule is CCCCCN1C(=O)c2[nH]nc(-c3cc(C)cc(C)c3O)c2C1c1cccc(OCCC)c1. The Morgan fingerprint density at radius 3 is 2.70 bits per heavy atom. The number of ether oxygens (including phenoxy) is 1. The highest BCUT2D eigenvalue weighted by molar-refractivity contribution is 6.00. The van der Waals surface area contributed by atoms with Gasteiger partial charge in [-0.25, -0.2) is 0 Å². The second-order valence-corrected chi connectivity index (χ2v) is 8.87. The van der Waals surface area contributed by atoms with Gasteiger partial charge in [0.1, 0.15) is 22.9 Å². The highest BCUT2D eigenvalue weighted by Gasteiger charge is 2.42. The number of phenols is 1. The molecule has 1 aromatic heterocycles. The normalized spacial score (nSPS) is 15.2. The molecule has 0 fully saturated rings. The van der Waals surface area contributed by atoms with Gasteiger partial charge in [-0.2, -0.15) is 5.10 Å². The molecule has 33 heavy (non-hydrogen) atoms. The summed E-state index contributed by atoms with van der Waals surface area (Å²) in [6.45, 7) is 9.43. The van der Waals surface area contributed by atoms with Crippen LogP contribution >= 0.6 is 0 Å². The van der Waals surface area contributed by atoms with E-state index in [1.165, 1.54) is 0 Å². The van der Waals surface area contributed by atoms with Gasteiger partial charge in [-0.1, -0.05) is 44.9 Å². The van der Waals surface area contributed by atoms with Crippen LogP contribution in [0.4, 0.5) is 0 Å². The maximum atomic E-state index is 13.5. The number of aromatic nitrogens is 2. The zero-order valence-corrected chi connectivity index (χ0v) is 19.9. The summed E-state index contributed by atoms with van der Waals surface area (Å²) in [6, 6.07) is 11.6. The molecule has 0 radical (unpaired) electrons. The number of benzene rings is 2. The molecule has 0 saturated heterocycles. The Hall–Kier alpha value is -3.28. The number of aryl methyl sites for hydroxylation is 2. The summed E-state index contributed by atoms with van der Waals surface area (Å²) in [7, 11) is 0. The summed E-state index contributed by atoms with van der Waals surface area (Å²) >= 11 is 0. The summed E-state index contributed by atoms with van der Waals surface area (Å²) in [4.78, 5) is 15.4. The predicted molar refractivity (Wildman–Crippen MR) is 130 cm³/mol. The number of H-pyrrole nitrogens is 1. The first-order valence-electron chi connectivity index (χ1n) is 11.9. The first-order valence-corrected chi connectivity index (χ1v) is 11.9. The lowest BCUT2D eigenvalue weighted by Crippen LogP contribution is -2.30. The molecular formula is C27H33N3O3. The summed E-state index contributed by atoms with van der Waals surface area (Å²) < 4.78 is 5.88. The number of unbranched alkanes of at least 4 members (excludes halogenated alkanes) is 2. The fourth-order valence-corrected chi connectivity index (χ4v) is 4.65. The van der Waals surface area contributed by atoms with Crippen LogP contribution in [0.1, 0.15) is 78.3 Å². The number of rotatable bonds is 9. The zero-order chi connectivity index (χ0) is 23.5. The Balaban J connectivity index is 1.84. The molecule has 0 bridgehead atoms. The number of nitrogens with zero attached hydrogens (tertiary/aromatic N) is 2. The molecule has 6 nitrogen and oxygen atoms in total. The van der Waals surface area contributed by atoms with Gasteiger partial charge in [0.2, 0.25) is 0 Å². The molecule has 0 saturated carbocycles. The Morgan fingerprint density at radius 1 is 1.12 bits per heavy atom. The molecule has 0 spiro atoms. The van der Waals surface area contributed by atoms with E-state index in [-0.39, 0.29) is 17.7 Å². The van der Waals surface area contributed by atoms with E-state index in [0.29, 0.717) is 30.1 Å². The van der Waals surface area contributed by atoms with Crippen LogP contribution in [0.2, 0.25) is 0 Å². The standard InChI is InChI=1S/C27H33N3O3/c1-5-7-8-12-30-25(19-10-9-11-20(16-19)33-13-6-2)22-23(28-29-24(22)27(30)32)21-15-17(3)14-18(4)26(21)31/h9-11,14-16,25,31H,5-8,12-13H2,1-4H3,(H,28,29). The third kappa shape index (κ3) is 4.34. The zero-order valence-electron chi connectivity index (χ0n) is 19.9. The minimum atomic E-state index is -0.288. The number of hydrogen-bond donors (Lipinski definition) is 2. The topological polar surface area (TPSA) is 78.5 Å². The van der Waals surface area contributed by atoms with Crippen molar-refractivity contribution >= 4 is 5.91 Å². The molecule has 6 heteroatoms. The first kappa shape index (κ1) is 22.9. The molecule has 2 heterocycles. The average Bonchev–Trinajstić information content (AvgIpc) is 3.34. The van der Waals surface area contributed by atoms with Gasteiger partial charge in [-0.15, -0.1) is 0 Å². The van der Waals surface area contributed by atoms with Gasteiger partial charge in [0.15, 0.2) is 0 Å². The van der Waals surface area contributed by atoms with E-state index in [1.807, 2.05) is 55.1 Å². The number of nitrogens with one attached hydrogen (secondary N) is 1. The lowest BCUT2D eigenvalue weighted by atomic mass is 9.94. The molecule has 1 aliphatic rings. The average molecular weight is 448 g/mol. The number of aromatic hydroxyl groups is 1. The van der Waals surface area contributed by atoms with Crippen molar-refractivity contribution < 1.29 is 14.6 Å². The van der Waals surface area contributed by atoms with Crippen molar-refractivity contribution in [2.24, 2.45) is 0 Å². The lowest BCUT2D eigenvalue weighted by Gasteiger charge is -2.27. The molecule has 3 aromatic rings.